The Morgan fingerprint density at radius 3 is 3.12 bits per heavy atom. The molecule has 2 N–H and O–H groups in total. The number of aryl methyl sites for hydroxylation is 1. The molecule has 1 aliphatic heterocycles. The number of pyridine rings is 1. The van der Waals surface area contributed by atoms with Gasteiger partial charge in [0.25, 0.3) is 5.69 Å². The maximum atomic E-state index is 10.6. The van der Waals surface area contributed by atoms with Crippen molar-refractivity contribution in [2.45, 2.75) is 25.8 Å². The summed E-state index contributed by atoms with van der Waals surface area (Å²) in [7, 11) is 0. The minimum absolute atomic E-state index is 0.0343. The molecule has 1 aromatic heterocycles. The summed E-state index contributed by atoms with van der Waals surface area (Å²) in [5.41, 5.74) is 0.837. The molecule has 0 bridgehead atoms. The number of aromatic nitrogens is 1. The quantitative estimate of drug-likeness (QED) is 0.611. The maximum absolute atomic E-state index is 10.6. The molecule has 1 unspecified atom stereocenters. The minimum atomic E-state index is -0.428. The molecule has 6 heteroatoms. The van der Waals surface area contributed by atoms with Gasteiger partial charge in [-0.3, -0.25) is 10.1 Å². The van der Waals surface area contributed by atoms with Crippen LogP contribution in [0.5, 0.6) is 0 Å². The van der Waals surface area contributed by atoms with Crippen molar-refractivity contribution in [1.82, 2.24) is 10.3 Å². The highest BCUT2D eigenvalue weighted by Crippen LogP contribution is 2.18. The van der Waals surface area contributed by atoms with Gasteiger partial charge in [0.05, 0.1) is 4.92 Å². The normalized spacial score (nSPS) is 19.2. The largest absolute Gasteiger partial charge is 0.368 e. The van der Waals surface area contributed by atoms with Gasteiger partial charge in [-0.25, -0.2) is 4.98 Å². The summed E-state index contributed by atoms with van der Waals surface area (Å²) in [6, 6.07) is 2.02. The van der Waals surface area contributed by atoms with Gasteiger partial charge < -0.3 is 10.6 Å². The molecule has 1 fully saturated rings. The van der Waals surface area contributed by atoms with Gasteiger partial charge in [-0.1, -0.05) is 0 Å². The van der Waals surface area contributed by atoms with Gasteiger partial charge >= 0.3 is 0 Å². The molecule has 2 heterocycles. The lowest BCUT2D eigenvalue weighted by molar-refractivity contribution is -0.385. The second-order valence-electron chi connectivity index (χ2n) is 4.29. The lowest BCUT2D eigenvalue weighted by Gasteiger charge is -2.13. The molecular weight excluding hydrogens is 220 g/mol. The first kappa shape index (κ1) is 11.8. The van der Waals surface area contributed by atoms with Crippen LogP contribution in [0, 0.1) is 17.0 Å². The molecule has 0 amide bonds. The zero-order chi connectivity index (χ0) is 12.3. The fourth-order valence-electron chi connectivity index (χ4n) is 2.00. The maximum Gasteiger partial charge on any atom is 0.287 e. The molecule has 0 spiro atoms. The molecule has 92 valence electrons. The van der Waals surface area contributed by atoms with Crippen LogP contribution in [-0.4, -0.2) is 29.0 Å². The average molecular weight is 236 g/mol. The standard InChI is InChI=1S/C11H16N4O2/c1-8-5-10(15(16)17)7-14-11(8)13-6-9-3-2-4-12-9/h5,7,9,12H,2-4,6H2,1H3,(H,13,14). The zero-order valence-corrected chi connectivity index (χ0v) is 9.77. The third-order valence-corrected chi connectivity index (χ3v) is 2.95. The molecule has 1 aromatic rings. The van der Waals surface area contributed by atoms with Gasteiger partial charge in [-0.15, -0.1) is 0 Å². The molecule has 1 atom stereocenters. The summed E-state index contributed by atoms with van der Waals surface area (Å²) < 4.78 is 0. The van der Waals surface area contributed by atoms with Crippen LogP contribution in [-0.2, 0) is 0 Å². The fourth-order valence-corrected chi connectivity index (χ4v) is 2.00. The Morgan fingerprint density at radius 1 is 1.71 bits per heavy atom. The van der Waals surface area contributed by atoms with E-state index in [1.165, 1.54) is 25.1 Å². The van der Waals surface area contributed by atoms with Crippen LogP contribution in [0.3, 0.4) is 0 Å². The Bertz CT molecular complexity index is 416. The molecule has 0 radical (unpaired) electrons. The van der Waals surface area contributed by atoms with Crippen LogP contribution in [0.2, 0.25) is 0 Å². The molecular formula is C11H16N4O2. The topological polar surface area (TPSA) is 80.1 Å². The van der Waals surface area contributed by atoms with Crippen LogP contribution in [0.1, 0.15) is 18.4 Å². The summed E-state index contributed by atoms with van der Waals surface area (Å²) in [6.45, 7) is 3.70. The highest BCUT2D eigenvalue weighted by Gasteiger charge is 2.15. The summed E-state index contributed by atoms with van der Waals surface area (Å²) in [5.74, 6) is 0.726. The van der Waals surface area contributed by atoms with Crippen molar-refractivity contribution in [2.75, 3.05) is 18.4 Å². The van der Waals surface area contributed by atoms with Crippen LogP contribution in [0.25, 0.3) is 0 Å². The first-order valence-corrected chi connectivity index (χ1v) is 5.75. The summed E-state index contributed by atoms with van der Waals surface area (Å²) in [5, 5.41) is 17.2. The molecule has 1 saturated heterocycles. The third-order valence-electron chi connectivity index (χ3n) is 2.95. The Labute approximate surface area is 99.6 Å². The monoisotopic (exact) mass is 236 g/mol. The Hall–Kier alpha value is -1.69. The van der Waals surface area contributed by atoms with E-state index in [-0.39, 0.29) is 5.69 Å². The molecule has 17 heavy (non-hydrogen) atoms. The average Bonchev–Trinajstić information content (AvgIpc) is 2.80. The van der Waals surface area contributed by atoms with Crippen LogP contribution >= 0.6 is 0 Å². The fraction of sp³-hybridized carbons (Fsp3) is 0.545. The molecule has 6 nitrogen and oxygen atoms in total. The summed E-state index contributed by atoms with van der Waals surface area (Å²) in [6.07, 6.45) is 3.66. The Morgan fingerprint density at radius 2 is 2.53 bits per heavy atom. The van der Waals surface area contributed by atoms with Crippen LogP contribution < -0.4 is 10.6 Å². The lowest BCUT2D eigenvalue weighted by atomic mass is 10.2. The van der Waals surface area contributed by atoms with Crippen molar-refractivity contribution in [3.8, 4) is 0 Å². The second-order valence-corrected chi connectivity index (χ2v) is 4.29. The van der Waals surface area contributed by atoms with E-state index in [4.69, 9.17) is 0 Å². The van der Waals surface area contributed by atoms with E-state index in [0.717, 1.165) is 24.5 Å². The minimum Gasteiger partial charge on any atom is -0.368 e. The van der Waals surface area contributed by atoms with Crippen molar-refractivity contribution in [3.63, 3.8) is 0 Å². The molecule has 0 saturated carbocycles. The number of nitrogens with zero attached hydrogens (tertiary/aromatic N) is 2. The van der Waals surface area contributed by atoms with Crippen LogP contribution in [0.4, 0.5) is 11.5 Å². The number of nitro groups is 1. The van der Waals surface area contributed by atoms with Gasteiger partial charge in [0.15, 0.2) is 0 Å². The van der Waals surface area contributed by atoms with E-state index in [1.807, 2.05) is 6.92 Å². The van der Waals surface area contributed by atoms with Gasteiger partial charge in [-0.2, -0.15) is 0 Å². The first-order chi connectivity index (χ1) is 8.16. The van der Waals surface area contributed by atoms with Gasteiger partial charge in [0.1, 0.15) is 12.0 Å². The SMILES string of the molecule is Cc1cc([N+](=O)[O-])cnc1NCC1CCCN1. The van der Waals surface area contributed by atoms with Crippen molar-refractivity contribution in [2.24, 2.45) is 0 Å². The van der Waals surface area contributed by atoms with Crippen molar-refractivity contribution in [1.29, 1.82) is 0 Å². The van der Waals surface area contributed by atoms with E-state index in [2.05, 4.69) is 15.6 Å². The molecule has 0 aliphatic carbocycles. The number of nitrogens with one attached hydrogen (secondary N) is 2. The second kappa shape index (κ2) is 5.09. The van der Waals surface area contributed by atoms with E-state index in [0.29, 0.717) is 6.04 Å². The first-order valence-electron chi connectivity index (χ1n) is 5.75. The van der Waals surface area contributed by atoms with Gasteiger partial charge in [0, 0.05) is 18.7 Å². The van der Waals surface area contributed by atoms with Crippen molar-refractivity contribution < 1.29 is 4.92 Å². The molecule has 2 rings (SSSR count). The van der Waals surface area contributed by atoms with Crippen molar-refractivity contribution in [3.05, 3.63) is 27.9 Å². The van der Waals surface area contributed by atoms with Gasteiger partial charge in [0.2, 0.25) is 0 Å². The number of rotatable bonds is 4. The smallest absolute Gasteiger partial charge is 0.287 e. The Kier molecular flexibility index (Phi) is 3.53. The van der Waals surface area contributed by atoms with Gasteiger partial charge in [-0.05, 0) is 31.9 Å². The Balaban J connectivity index is 1.98. The van der Waals surface area contributed by atoms with Crippen molar-refractivity contribution >= 4 is 11.5 Å². The van der Waals surface area contributed by atoms with E-state index >= 15 is 0 Å². The van der Waals surface area contributed by atoms with Crippen LogP contribution in [0.15, 0.2) is 12.3 Å². The molecule has 1 aliphatic rings. The highest BCUT2D eigenvalue weighted by molar-refractivity contribution is 5.48. The predicted molar refractivity (Wildman–Crippen MR) is 65.1 cm³/mol. The number of hydrogen-bond acceptors (Lipinski definition) is 5. The highest BCUT2D eigenvalue weighted by atomic mass is 16.6. The summed E-state index contributed by atoms with van der Waals surface area (Å²) >= 11 is 0. The number of anilines is 1. The number of hydrogen-bond donors (Lipinski definition) is 2. The third kappa shape index (κ3) is 2.91. The van der Waals surface area contributed by atoms with E-state index < -0.39 is 4.92 Å². The summed E-state index contributed by atoms with van der Waals surface area (Å²) in [4.78, 5) is 14.2. The van der Waals surface area contributed by atoms with E-state index in [1.54, 1.807) is 0 Å². The molecule has 0 aromatic carbocycles. The van der Waals surface area contributed by atoms with E-state index in [9.17, 15) is 10.1 Å². The predicted octanol–water partition coefficient (Wildman–Crippen LogP) is 1.46. The zero-order valence-electron chi connectivity index (χ0n) is 9.77. The lowest BCUT2D eigenvalue weighted by Crippen LogP contribution is -2.29.